The third-order valence-electron chi connectivity index (χ3n) is 4.20. The average molecular weight is 378 g/mol. The molecule has 7 heteroatoms. The number of carbonyl (C=O) groups is 1. The number of morpholine rings is 1. The van der Waals surface area contributed by atoms with Gasteiger partial charge in [0.1, 0.15) is 0 Å². The smallest absolute Gasteiger partial charge is 0.224 e. The minimum Gasteiger partial charge on any atom is -0.379 e. The Balaban J connectivity index is 0.00000264. The summed E-state index contributed by atoms with van der Waals surface area (Å²) >= 11 is 0. The minimum absolute atomic E-state index is 0. The van der Waals surface area contributed by atoms with Crippen molar-refractivity contribution in [3.05, 3.63) is 35.4 Å². The molecular formula is C17H29Cl2N3O2. The van der Waals surface area contributed by atoms with Crippen molar-refractivity contribution in [2.24, 2.45) is 11.7 Å². The zero-order valence-electron chi connectivity index (χ0n) is 14.4. The van der Waals surface area contributed by atoms with Gasteiger partial charge in [0.25, 0.3) is 0 Å². The number of halogens is 2. The summed E-state index contributed by atoms with van der Waals surface area (Å²) in [6.07, 6.45) is 0. The number of hydrogen-bond donors (Lipinski definition) is 2. The Hall–Kier alpha value is -0.850. The van der Waals surface area contributed by atoms with Crippen LogP contribution in [0.2, 0.25) is 0 Å². The van der Waals surface area contributed by atoms with Gasteiger partial charge in [-0.05, 0) is 18.1 Å². The van der Waals surface area contributed by atoms with Gasteiger partial charge in [0.05, 0.1) is 13.2 Å². The van der Waals surface area contributed by atoms with E-state index in [0.29, 0.717) is 6.54 Å². The average Bonchev–Trinajstić information content (AvgIpc) is 2.54. The Morgan fingerprint density at radius 2 is 1.71 bits per heavy atom. The molecule has 1 heterocycles. The molecule has 0 radical (unpaired) electrons. The highest BCUT2D eigenvalue weighted by Gasteiger charge is 2.16. The fraction of sp³-hybridized carbons (Fsp3) is 0.588. The summed E-state index contributed by atoms with van der Waals surface area (Å²) in [6.45, 7) is 8.84. The van der Waals surface area contributed by atoms with E-state index in [2.05, 4.69) is 34.5 Å². The largest absolute Gasteiger partial charge is 0.379 e. The normalized spacial score (nSPS) is 17.1. The first-order valence-electron chi connectivity index (χ1n) is 7.97. The summed E-state index contributed by atoms with van der Waals surface area (Å²) < 4.78 is 5.36. The molecule has 24 heavy (non-hydrogen) atoms. The minimum atomic E-state index is -0.166. The summed E-state index contributed by atoms with van der Waals surface area (Å²) in [6, 6.07) is 8.28. The predicted octanol–water partition coefficient (Wildman–Crippen LogP) is 1.96. The van der Waals surface area contributed by atoms with Crippen LogP contribution >= 0.6 is 24.8 Å². The van der Waals surface area contributed by atoms with Gasteiger partial charge in [-0.15, -0.1) is 24.8 Å². The van der Waals surface area contributed by atoms with E-state index in [0.717, 1.165) is 38.4 Å². The second kappa shape index (κ2) is 11.7. The number of amides is 1. The van der Waals surface area contributed by atoms with Gasteiger partial charge in [0.15, 0.2) is 0 Å². The van der Waals surface area contributed by atoms with Crippen LogP contribution in [0.1, 0.15) is 25.0 Å². The molecule has 2 rings (SSSR count). The molecule has 2 unspecified atom stereocenters. The standard InChI is InChI=1S/C17H27N3O2.2ClH/c1-13(14(2)18)17(21)19-11-15-3-5-16(6-4-15)12-20-7-9-22-10-8-20;;/h3-6,13-14H,7-12,18H2,1-2H3,(H,19,21);2*1H. The van der Waals surface area contributed by atoms with E-state index in [1.54, 1.807) is 0 Å². The Morgan fingerprint density at radius 3 is 2.25 bits per heavy atom. The molecule has 0 aliphatic carbocycles. The third kappa shape index (κ3) is 7.36. The van der Waals surface area contributed by atoms with E-state index in [1.807, 2.05) is 13.8 Å². The number of rotatable bonds is 6. The van der Waals surface area contributed by atoms with E-state index in [-0.39, 0.29) is 42.7 Å². The van der Waals surface area contributed by atoms with Gasteiger partial charge in [0.2, 0.25) is 5.91 Å². The van der Waals surface area contributed by atoms with Crippen LogP contribution < -0.4 is 11.1 Å². The van der Waals surface area contributed by atoms with Crippen LogP contribution in [0.25, 0.3) is 0 Å². The molecule has 1 aromatic rings. The molecule has 138 valence electrons. The van der Waals surface area contributed by atoms with Crippen LogP contribution in [-0.4, -0.2) is 43.2 Å². The van der Waals surface area contributed by atoms with Crippen molar-refractivity contribution in [3.8, 4) is 0 Å². The lowest BCUT2D eigenvalue weighted by molar-refractivity contribution is -0.125. The highest BCUT2D eigenvalue weighted by molar-refractivity contribution is 5.85. The van der Waals surface area contributed by atoms with Crippen molar-refractivity contribution in [3.63, 3.8) is 0 Å². The van der Waals surface area contributed by atoms with Crippen LogP contribution in [0, 0.1) is 5.92 Å². The Kier molecular flexibility index (Phi) is 11.2. The van der Waals surface area contributed by atoms with Gasteiger partial charge in [-0.25, -0.2) is 0 Å². The van der Waals surface area contributed by atoms with Crippen molar-refractivity contribution in [2.45, 2.75) is 33.0 Å². The lowest BCUT2D eigenvalue weighted by atomic mass is 10.0. The molecule has 0 bridgehead atoms. The van der Waals surface area contributed by atoms with E-state index in [4.69, 9.17) is 10.5 Å². The number of ether oxygens (including phenoxy) is 1. The van der Waals surface area contributed by atoms with Crippen LogP contribution in [0.3, 0.4) is 0 Å². The lowest BCUT2D eigenvalue weighted by Gasteiger charge is -2.26. The van der Waals surface area contributed by atoms with Gasteiger partial charge in [-0.1, -0.05) is 31.2 Å². The van der Waals surface area contributed by atoms with Crippen LogP contribution in [-0.2, 0) is 22.6 Å². The van der Waals surface area contributed by atoms with Crippen molar-refractivity contribution in [1.82, 2.24) is 10.2 Å². The summed E-state index contributed by atoms with van der Waals surface area (Å²) in [4.78, 5) is 14.3. The first-order valence-corrected chi connectivity index (χ1v) is 7.97. The summed E-state index contributed by atoms with van der Waals surface area (Å²) in [7, 11) is 0. The number of carbonyl (C=O) groups excluding carboxylic acids is 1. The molecule has 0 spiro atoms. The number of nitrogens with zero attached hydrogens (tertiary/aromatic N) is 1. The van der Waals surface area contributed by atoms with Gasteiger partial charge in [-0.2, -0.15) is 0 Å². The second-order valence-corrected chi connectivity index (χ2v) is 6.07. The van der Waals surface area contributed by atoms with Crippen molar-refractivity contribution in [1.29, 1.82) is 0 Å². The van der Waals surface area contributed by atoms with Crippen molar-refractivity contribution < 1.29 is 9.53 Å². The fourth-order valence-corrected chi connectivity index (χ4v) is 2.37. The van der Waals surface area contributed by atoms with Crippen molar-refractivity contribution >= 4 is 30.7 Å². The molecule has 0 aromatic heterocycles. The quantitative estimate of drug-likeness (QED) is 0.794. The number of hydrogen-bond acceptors (Lipinski definition) is 4. The third-order valence-corrected chi connectivity index (χ3v) is 4.20. The highest BCUT2D eigenvalue weighted by atomic mass is 35.5. The maximum Gasteiger partial charge on any atom is 0.224 e. The second-order valence-electron chi connectivity index (χ2n) is 6.07. The van der Waals surface area contributed by atoms with Crippen molar-refractivity contribution in [2.75, 3.05) is 26.3 Å². The first-order chi connectivity index (χ1) is 10.6. The fourth-order valence-electron chi connectivity index (χ4n) is 2.37. The molecule has 1 aliphatic heterocycles. The number of benzene rings is 1. The molecular weight excluding hydrogens is 349 g/mol. The zero-order chi connectivity index (χ0) is 15.9. The summed E-state index contributed by atoms with van der Waals surface area (Å²) in [5.41, 5.74) is 8.14. The maximum absolute atomic E-state index is 11.9. The highest BCUT2D eigenvalue weighted by Crippen LogP contribution is 2.09. The topological polar surface area (TPSA) is 67.6 Å². The Morgan fingerprint density at radius 1 is 1.17 bits per heavy atom. The Labute approximate surface area is 157 Å². The lowest BCUT2D eigenvalue weighted by Crippen LogP contribution is -2.38. The van der Waals surface area contributed by atoms with Gasteiger partial charge < -0.3 is 15.8 Å². The van der Waals surface area contributed by atoms with Gasteiger partial charge >= 0.3 is 0 Å². The molecule has 1 saturated heterocycles. The molecule has 1 amide bonds. The molecule has 2 atom stereocenters. The molecule has 0 saturated carbocycles. The van der Waals surface area contributed by atoms with E-state index >= 15 is 0 Å². The number of nitrogens with one attached hydrogen (secondary N) is 1. The first kappa shape index (κ1) is 23.1. The van der Waals surface area contributed by atoms with Gasteiger partial charge in [-0.3, -0.25) is 9.69 Å². The van der Waals surface area contributed by atoms with Crippen LogP contribution in [0.15, 0.2) is 24.3 Å². The SMILES string of the molecule is CC(N)C(C)C(=O)NCc1ccc(CN2CCOCC2)cc1.Cl.Cl. The summed E-state index contributed by atoms with van der Waals surface area (Å²) in [5, 5.41) is 2.94. The number of nitrogens with two attached hydrogens (primary N) is 1. The molecule has 5 nitrogen and oxygen atoms in total. The monoisotopic (exact) mass is 377 g/mol. The zero-order valence-corrected chi connectivity index (χ0v) is 16.0. The van der Waals surface area contributed by atoms with Crippen LogP contribution in [0.5, 0.6) is 0 Å². The van der Waals surface area contributed by atoms with Crippen LogP contribution in [0.4, 0.5) is 0 Å². The van der Waals surface area contributed by atoms with E-state index < -0.39 is 0 Å². The van der Waals surface area contributed by atoms with E-state index in [1.165, 1.54) is 5.56 Å². The molecule has 1 aliphatic rings. The predicted molar refractivity (Wildman–Crippen MR) is 102 cm³/mol. The van der Waals surface area contributed by atoms with E-state index in [9.17, 15) is 4.79 Å². The van der Waals surface area contributed by atoms with Gasteiger partial charge in [0, 0.05) is 38.1 Å². The Bertz CT molecular complexity index is 477. The molecule has 3 N–H and O–H groups in total. The maximum atomic E-state index is 11.9. The molecule has 1 fully saturated rings. The molecule has 1 aromatic carbocycles. The summed E-state index contributed by atoms with van der Waals surface area (Å²) in [5.74, 6) is -0.159.